The maximum atomic E-state index is 11.8. The number of aliphatic carboxylic acids is 1. The number of anilines is 1. The van der Waals surface area contributed by atoms with Crippen LogP contribution in [0.1, 0.15) is 6.42 Å². The average Bonchev–Trinajstić information content (AvgIpc) is 2.37. The zero-order chi connectivity index (χ0) is 14.8. The summed E-state index contributed by atoms with van der Waals surface area (Å²) in [5.41, 5.74) is 0.479. The number of carbonyl (C=O) groups is 1. The molecule has 0 aliphatic rings. The van der Waals surface area contributed by atoms with Gasteiger partial charge in [0.1, 0.15) is 0 Å². The molecule has 5 nitrogen and oxygen atoms in total. The Hall–Kier alpha value is -2.08. The molecule has 20 heavy (non-hydrogen) atoms. The monoisotopic (exact) mass is 293 g/mol. The minimum Gasteiger partial charge on any atom is -0.481 e. The summed E-state index contributed by atoms with van der Waals surface area (Å²) in [7, 11) is -3.51. The van der Waals surface area contributed by atoms with Crippen LogP contribution in [0.2, 0.25) is 0 Å². The van der Waals surface area contributed by atoms with E-state index >= 15 is 0 Å². The fourth-order valence-electron chi connectivity index (χ4n) is 2.02. The van der Waals surface area contributed by atoms with Gasteiger partial charge in [-0.3, -0.25) is 9.10 Å². The molecule has 2 aromatic rings. The lowest BCUT2D eigenvalue weighted by molar-refractivity contribution is -0.136. The summed E-state index contributed by atoms with van der Waals surface area (Å²) in [6.07, 6.45) is 0.837. The molecule has 0 amide bonds. The van der Waals surface area contributed by atoms with Gasteiger partial charge in [0.25, 0.3) is 0 Å². The smallest absolute Gasteiger partial charge is 0.305 e. The Morgan fingerprint density at radius 3 is 2.40 bits per heavy atom. The lowest BCUT2D eigenvalue weighted by atomic mass is 10.1. The highest BCUT2D eigenvalue weighted by atomic mass is 32.2. The Morgan fingerprint density at radius 1 is 1.15 bits per heavy atom. The lowest BCUT2D eigenvalue weighted by Crippen LogP contribution is -2.32. The molecular weight excluding hydrogens is 278 g/mol. The second kappa shape index (κ2) is 5.50. The molecule has 0 bridgehead atoms. The number of rotatable bonds is 5. The molecule has 0 saturated carbocycles. The van der Waals surface area contributed by atoms with Crippen LogP contribution >= 0.6 is 0 Å². The number of fused-ring (bicyclic) bond motifs is 1. The minimum absolute atomic E-state index is 0.0769. The van der Waals surface area contributed by atoms with Crippen LogP contribution < -0.4 is 4.31 Å². The molecule has 2 rings (SSSR count). The zero-order valence-corrected chi connectivity index (χ0v) is 11.8. The summed E-state index contributed by atoms with van der Waals surface area (Å²) in [6, 6.07) is 12.8. The molecule has 1 N–H and O–H groups in total. The predicted molar refractivity (Wildman–Crippen MR) is 78.4 cm³/mol. The van der Waals surface area contributed by atoms with Crippen molar-refractivity contribution in [1.29, 1.82) is 0 Å². The topological polar surface area (TPSA) is 74.7 Å². The van der Waals surface area contributed by atoms with E-state index in [1.165, 1.54) is 0 Å². The van der Waals surface area contributed by atoms with Gasteiger partial charge in [0, 0.05) is 6.54 Å². The standard InChI is InChI=1S/C14H15NO4S/c1-20(18,19)15(9-8-14(16)17)13-7-6-11-4-2-3-5-12(11)10-13/h2-7,10H,8-9H2,1H3,(H,16,17). The number of benzene rings is 2. The lowest BCUT2D eigenvalue weighted by Gasteiger charge is -2.22. The normalized spacial score (nSPS) is 11.4. The fraction of sp³-hybridized carbons (Fsp3) is 0.214. The van der Waals surface area contributed by atoms with Crippen molar-refractivity contribution in [2.24, 2.45) is 0 Å². The molecule has 0 saturated heterocycles. The Kier molecular flexibility index (Phi) is 3.94. The van der Waals surface area contributed by atoms with Crippen molar-refractivity contribution in [2.75, 3.05) is 17.1 Å². The third-order valence-electron chi connectivity index (χ3n) is 2.95. The van der Waals surface area contributed by atoms with Crippen LogP contribution in [0.4, 0.5) is 5.69 Å². The van der Waals surface area contributed by atoms with Crippen LogP contribution in [0.5, 0.6) is 0 Å². The molecule has 0 aliphatic carbocycles. The number of sulfonamides is 1. The molecule has 0 atom stereocenters. The van der Waals surface area contributed by atoms with Crippen LogP contribution in [-0.2, 0) is 14.8 Å². The number of hydrogen-bond acceptors (Lipinski definition) is 3. The number of nitrogens with zero attached hydrogens (tertiary/aromatic N) is 1. The molecule has 0 aromatic heterocycles. The highest BCUT2D eigenvalue weighted by Crippen LogP contribution is 2.24. The second-order valence-electron chi connectivity index (χ2n) is 4.51. The van der Waals surface area contributed by atoms with E-state index in [-0.39, 0.29) is 13.0 Å². The van der Waals surface area contributed by atoms with Gasteiger partial charge < -0.3 is 5.11 Å². The van der Waals surface area contributed by atoms with E-state index in [9.17, 15) is 13.2 Å². The van der Waals surface area contributed by atoms with Crippen LogP contribution in [0.25, 0.3) is 10.8 Å². The Labute approximate surface area is 117 Å². The Bertz CT molecular complexity index is 740. The summed E-state index contributed by atoms with van der Waals surface area (Å²) in [6.45, 7) is -0.0769. The first-order valence-corrected chi connectivity index (χ1v) is 7.91. The highest BCUT2D eigenvalue weighted by molar-refractivity contribution is 7.92. The number of carboxylic acids is 1. The third kappa shape index (κ3) is 3.27. The van der Waals surface area contributed by atoms with Gasteiger partial charge in [-0.25, -0.2) is 8.42 Å². The largest absolute Gasteiger partial charge is 0.481 e. The molecule has 0 unspecified atom stereocenters. The maximum absolute atomic E-state index is 11.8. The number of carboxylic acid groups (broad SMARTS) is 1. The zero-order valence-electron chi connectivity index (χ0n) is 11.0. The molecule has 2 aromatic carbocycles. The highest BCUT2D eigenvalue weighted by Gasteiger charge is 2.18. The van der Waals surface area contributed by atoms with Crippen molar-refractivity contribution >= 4 is 32.5 Å². The molecule has 0 spiro atoms. The van der Waals surface area contributed by atoms with Crippen molar-refractivity contribution in [3.63, 3.8) is 0 Å². The van der Waals surface area contributed by atoms with E-state index in [0.29, 0.717) is 5.69 Å². The molecule has 106 valence electrons. The van der Waals surface area contributed by atoms with Crippen molar-refractivity contribution in [2.45, 2.75) is 6.42 Å². The van der Waals surface area contributed by atoms with Crippen molar-refractivity contribution in [3.8, 4) is 0 Å². The Balaban J connectivity index is 2.42. The van der Waals surface area contributed by atoms with Crippen molar-refractivity contribution in [3.05, 3.63) is 42.5 Å². The average molecular weight is 293 g/mol. The molecular formula is C14H15NO4S. The maximum Gasteiger partial charge on any atom is 0.305 e. The van der Waals surface area contributed by atoms with Crippen LogP contribution in [-0.4, -0.2) is 32.3 Å². The van der Waals surface area contributed by atoms with Crippen LogP contribution in [0.3, 0.4) is 0 Å². The van der Waals surface area contributed by atoms with Gasteiger partial charge in [0.05, 0.1) is 18.4 Å². The molecule has 0 radical (unpaired) electrons. The van der Waals surface area contributed by atoms with Gasteiger partial charge in [0.2, 0.25) is 10.0 Å². The Morgan fingerprint density at radius 2 is 1.80 bits per heavy atom. The first kappa shape index (κ1) is 14.3. The van der Waals surface area contributed by atoms with Gasteiger partial charge >= 0.3 is 5.97 Å². The summed E-state index contributed by atoms with van der Waals surface area (Å²) in [5, 5.41) is 10.6. The molecule has 0 heterocycles. The molecule has 0 fully saturated rings. The van der Waals surface area contributed by atoms with Gasteiger partial charge in [-0.15, -0.1) is 0 Å². The van der Waals surface area contributed by atoms with Crippen molar-refractivity contribution in [1.82, 2.24) is 0 Å². The number of hydrogen-bond donors (Lipinski definition) is 1. The SMILES string of the molecule is CS(=O)(=O)N(CCC(=O)O)c1ccc2ccccc2c1. The predicted octanol–water partition coefficient (Wildman–Crippen LogP) is 2.08. The summed E-state index contributed by atoms with van der Waals surface area (Å²) in [5.74, 6) is -1.03. The van der Waals surface area contributed by atoms with E-state index < -0.39 is 16.0 Å². The van der Waals surface area contributed by atoms with E-state index in [1.807, 2.05) is 30.3 Å². The summed E-state index contributed by atoms with van der Waals surface area (Å²) < 4.78 is 24.7. The van der Waals surface area contributed by atoms with Gasteiger partial charge in [-0.1, -0.05) is 30.3 Å². The summed E-state index contributed by atoms with van der Waals surface area (Å²) in [4.78, 5) is 10.7. The van der Waals surface area contributed by atoms with Gasteiger partial charge in [-0.2, -0.15) is 0 Å². The quantitative estimate of drug-likeness (QED) is 0.916. The second-order valence-corrected chi connectivity index (χ2v) is 6.42. The van der Waals surface area contributed by atoms with Crippen LogP contribution in [0.15, 0.2) is 42.5 Å². The van der Waals surface area contributed by atoms with E-state index in [1.54, 1.807) is 12.1 Å². The van der Waals surface area contributed by atoms with E-state index in [0.717, 1.165) is 21.3 Å². The first-order valence-electron chi connectivity index (χ1n) is 6.06. The van der Waals surface area contributed by atoms with E-state index in [2.05, 4.69) is 0 Å². The molecule has 6 heteroatoms. The first-order chi connectivity index (χ1) is 9.38. The fourth-order valence-corrected chi connectivity index (χ4v) is 2.93. The van der Waals surface area contributed by atoms with Gasteiger partial charge in [0.15, 0.2) is 0 Å². The van der Waals surface area contributed by atoms with Gasteiger partial charge in [-0.05, 0) is 22.9 Å². The van der Waals surface area contributed by atoms with Crippen LogP contribution in [0, 0.1) is 0 Å². The summed E-state index contributed by atoms with van der Waals surface area (Å²) >= 11 is 0. The van der Waals surface area contributed by atoms with E-state index in [4.69, 9.17) is 5.11 Å². The molecule has 0 aliphatic heterocycles. The third-order valence-corrected chi connectivity index (χ3v) is 4.14. The minimum atomic E-state index is -3.51. The van der Waals surface area contributed by atoms with Crippen molar-refractivity contribution < 1.29 is 18.3 Å².